The summed E-state index contributed by atoms with van der Waals surface area (Å²) in [6, 6.07) is 4.17. The zero-order valence-electron chi connectivity index (χ0n) is 14.9. The molecule has 0 N–H and O–H groups in total. The van der Waals surface area contributed by atoms with Gasteiger partial charge in [0.15, 0.2) is 5.71 Å². The third-order valence-electron chi connectivity index (χ3n) is 4.78. The van der Waals surface area contributed by atoms with E-state index in [-0.39, 0.29) is 40.9 Å². The van der Waals surface area contributed by atoms with Gasteiger partial charge < -0.3 is 9.11 Å². The molecule has 10 heteroatoms. The Labute approximate surface area is 170 Å². The Balaban J connectivity index is 0.00000312. The van der Waals surface area contributed by atoms with Crippen molar-refractivity contribution in [1.82, 2.24) is 0 Å². The summed E-state index contributed by atoms with van der Waals surface area (Å²) >= 11 is 0. The molecule has 1 unspecified atom stereocenters. The van der Waals surface area contributed by atoms with Crippen molar-refractivity contribution >= 4 is 31.6 Å². The van der Waals surface area contributed by atoms with E-state index in [0.29, 0.717) is 12.1 Å². The Morgan fingerprint density at radius 1 is 1.16 bits per heavy atom. The molecule has 0 saturated heterocycles. The van der Waals surface area contributed by atoms with E-state index in [2.05, 4.69) is 0 Å². The molecule has 0 aromatic heterocycles. The van der Waals surface area contributed by atoms with E-state index in [1.165, 1.54) is 19.1 Å². The normalized spacial score (nSPS) is 17.8. The predicted molar refractivity (Wildman–Crippen MR) is 86.7 cm³/mol. The van der Waals surface area contributed by atoms with E-state index in [1.807, 2.05) is 25.3 Å². The Morgan fingerprint density at radius 3 is 2.20 bits per heavy atom. The largest absolute Gasteiger partial charge is 1.00 e. The minimum atomic E-state index is -4.55. The van der Waals surface area contributed by atoms with Crippen molar-refractivity contribution in [3.63, 3.8) is 0 Å². The van der Waals surface area contributed by atoms with Crippen LogP contribution in [-0.2, 0) is 25.7 Å². The third kappa shape index (κ3) is 4.52. The van der Waals surface area contributed by atoms with Crippen LogP contribution in [0.15, 0.2) is 23.1 Å². The maximum Gasteiger partial charge on any atom is 1.00 e. The minimum Gasteiger partial charge on any atom is -0.748 e. The van der Waals surface area contributed by atoms with Gasteiger partial charge in [-0.05, 0) is 32.9 Å². The zero-order chi connectivity index (χ0) is 18.5. The van der Waals surface area contributed by atoms with Crippen LogP contribution in [0, 0.1) is 0 Å². The van der Waals surface area contributed by atoms with Crippen molar-refractivity contribution < 1.29 is 60.1 Å². The van der Waals surface area contributed by atoms with Crippen LogP contribution in [0.3, 0.4) is 0 Å². The Kier molecular flexibility index (Phi) is 6.71. The van der Waals surface area contributed by atoms with Gasteiger partial charge in [-0.15, -0.1) is 0 Å². The van der Waals surface area contributed by atoms with Crippen LogP contribution in [0.5, 0.6) is 0 Å². The fourth-order valence-corrected chi connectivity index (χ4v) is 3.75. The monoisotopic (exact) mass is 397 g/mol. The molecule has 0 bridgehead atoms. The topological polar surface area (TPSA) is 117 Å². The summed E-state index contributed by atoms with van der Waals surface area (Å²) in [5.41, 5.74) is 1.80. The first kappa shape index (κ1) is 22.8. The maximum atomic E-state index is 11.3. The standard InChI is InChI=1S/C15H21NO6S2.Na/c1-10(23(17,18)19)7-8-16-11(2)15(3,4)13-9-12(24(20,21)22)5-6-14(13)16;/h5-6,9-10H,7-8H2,1-4H3,(H-,17,18,19,20,21,22);/q;+1/p-1. The van der Waals surface area contributed by atoms with Gasteiger partial charge >= 0.3 is 29.6 Å². The van der Waals surface area contributed by atoms with Crippen molar-refractivity contribution in [3.8, 4) is 0 Å². The van der Waals surface area contributed by atoms with E-state index in [4.69, 9.17) is 0 Å². The molecule has 1 heterocycles. The molecule has 7 nitrogen and oxygen atoms in total. The van der Waals surface area contributed by atoms with Crippen molar-refractivity contribution in [2.45, 2.75) is 49.7 Å². The molecule has 0 aliphatic carbocycles. The van der Waals surface area contributed by atoms with Crippen LogP contribution < -0.4 is 29.6 Å². The number of rotatable bonds is 5. The van der Waals surface area contributed by atoms with Gasteiger partial charge in [0.25, 0.3) is 0 Å². The smallest absolute Gasteiger partial charge is 0.748 e. The molecule has 0 radical (unpaired) electrons. The fourth-order valence-electron chi connectivity index (χ4n) is 2.86. The fraction of sp³-hybridized carbons (Fsp3) is 0.533. The van der Waals surface area contributed by atoms with Gasteiger partial charge in [0.1, 0.15) is 16.7 Å². The number of nitrogens with zero attached hydrogens (tertiary/aromatic N) is 1. The molecule has 1 aliphatic rings. The molecule has 0 spiro atoms. The average Bonchev–Trinajstić information content (AvgIpc) is 2.62. The van der Waals surface area contributed by atoms with Gasteiger partial charge in [-0.1, -0.05) is 0 Å². The molecular weight excluding hydrogens is 377 g/mol. The number of benzene rings is 1. The van der Waals surface area contributed by atoms with E-state index in [1.54, 1.807) is 6.07 Å². The molecule has 0 saturated carbocycles. The number of hydrogen-bond donors (Lipinski definition) is 0. The van der Waals surface area contributed by atoms with E-state index in [0.717, 1.165) is 11.4 Å². The van der Waals surface area contributed by atoms with Crippen molar-refractivity contribution in [2.24, 2.45) is 0 Å². The molecule has 1 aromatic rings. The van der Waals surface area contributed by atoms with Crippen LogP contribution in [0.1, 0.15) is 39.7 Å². The zero-order valence-corrected chi connectivity index (χ0v) is 18.6. The third-order valence-corrected chi connectivity index (χ3v) is 6.83. The van der Waals surface area contributed by atoms with Gasteiger partial charge in [0.2, 0.25) is 5.69 Å². The SMILES string of the molecule is CC1=[N+](CCC(C)S(=O)(=O)[O-])c2ccc(S(=O)(=O)[O-])cc2C1(C)C.[Na+]. The van der Waals surface area contributed by atoms with Gasteiger partial charge in [0.05, 0.1) is 25.7 Å². The van der Waals surface area contributed by atoms with Crippen LogP contribution in [0.2, 0.25) is 0 Å². The van der Waals surface area contributed by atoms with Crippen molar-refractivity contribution in [3.05, 3.63) is 23.8 Å². The average molecular weight is 397 g/mol. The first-order chi connectivity index (χ1) is 10.8. The van der Waals surface area contributed by atoms with Gasteiger partial charge in [-0.3, -0.25) is 0 Å². The summed E-state index contributed by atoms with van der Waals surface area (Å²) in [5.74, 6) is 0. The molecule has 0 fully saturated rings. The Bertz CT molecular complexity index is 919. The van der Waals surface area contributed by atoms with Crippen LogP contribution in [0.25, 0.3) is 0 Å². The van der Waals surface area contributed by atoms with Crippen LogP contribution >= 0.6 is 0 Å². The minimum absolute atomic E-state index is 0. The molecule has 134 valence electrons. The molecule has 1 atom stereocenters. The molecule has 1 aromatic carbocycles. The predicted octanol–water partition coefficient (Wildman–Crippen LogP) is -1.69. The van der Waals surface area contributed by atoms with Crippen molar-refractivity contribution in [2.75, 3.05) is 6.54 Å². The molecule has 1 aliphatic heterocycles. The maximum absolute atomic E-state index is 11.3. The van der Waals surface area contributed by atoms with Gasteiger partial charge in [0, 0.05) is 25.0 Å². The quantitative estimate of drug-likeness (QED) is 0.333. The first-order valence-electron chi connectivity index (χ1n) is 7.43. The van der Waals surface area contributed by atoms with E-state index in [9.17, 15) is 25.9 Å². The Hall–Kier alpha value is -0.290. The number of hydrogen-bond acceptors (Lipinski definition) is 6. The van der Waals surface area contributed by atoms with Crippen molar-refractivity contribution in [1.29, 1.82) is 0 Å². The van der Waals surface area contributed by atoms with E-state index < -0.39 is 30.9 Å². The van der Waals surface area contributed by atoms with Gasteiger partial charge in [-0.2, -0.15) is 4.58 Å². The second kappa shape index (κ2) is 7.38. The molecule has 25 heavy (non-hydrogen) atoms. The summed E-state index contributed by atoms with van der Waals surface area (Å²) in [5, 5.41) is -1.02. The molecule has 0 amide bonds. The summed E-state index contributed by atoms with van der Waals surface area (Å²) < 4.78 is 68.8. The number of fused-ring (bicyclic) bond motifs is 1. The molecular formula is C15H20NNaO6S2. The first-order valence-corrected chi connectivity index (χ1v) is 10.3. The Morgan fingerprint density at radius 2 is 1.72 bits per heavy atom. The van der Waals surface area contributed by atoms with E-state index >= 15 is 0 Å². The molecule has 2 rings (SSSR count). The second-order valence-corrected chi connectivity index (χ2v) is 9.76. The van der Waals surface area contributed by atoms with Crippen LogP contribution in [0.4, 0.5) is 5.69 Å². The summed E-state index contributed by atoms with van der Waals surface area (Å²) in [4.78, 5) is -0.292. The summed E-state index contributed by atoms with van der Waals surface area (Å²) in [6.07, 6.45) is 0.153. The van der Waals surface area contributed by atoms with Gasteiger partial charge in [-0.25, -0.2) is 16.8 Å². The van der Waals surface area contributed by atoms with Crippen LogP contribution in [-0.4, -0.2) is 48.0 Å². The summed E-state index contributed by atoms with van der Waals surface area (Å²) in [7, 11) is -8.90. The summed E-state index contributed by atoms with van der Waals surface area (Å²) in [6.45, 7) is 7.34. The second-order valence-electron chi connectivity index (χ2n) is 6.59.